The highest BCUT2D eigenvalue weighted by Gasteiger charge is 2.30. The highest BCUT2D eigenvalue weighted by molar-refractivity contribution is 6.02. The Balaban J connectivity index is 1.74. The van der Waals surface area contributed by atoms with Crippen molar-refractivity contribution in [1.29, 1.82) is 0 Å². The molecule has 0 saturated heterocycles. The SMILES string of the molecule is COc1cc(-c2cnc3cc(-c4cn[nH]c4)ccn23)cc(OC)c1C(=O)CCC(F)(F)F. The van der Waals surface area contributed by atoms with Crippen LogP contribution in [0.4, 0.5) is 13.2 Å². The van der Waals surface area contributed by atoms with E-state index in [9.17, 15) is 18.0 Å². The minimum Gasteiger partial charge on any atom is -0.496 e. The number of carbonyl (C=O) groups is 1. The molecular weight excluding hydrogens is 425 g/mol. The van der Waals surface area contributed by atoms with Crippen molar-refractivity contribution in [3.63, 3.8) is 0 Å². The number of aromatic amines is 1. The summed E-state index contributed by atoms with van der Waals surface area (Å²) in [6.07, 6.45) is 0.658. The van der Waals surface area contributed by atoms with E-state index >= 15 is 0 Å². The number of ether oxygens (including phenoxy) is 2. The smallest absolute Gasteiger partial charge is 0.389 e. The van der Waals surface area contributed by atoms with E-state index in [1.54, 1.807) is 30.7 Å². The molecule has 7 nitrogen and oxygen atoms in total. The standard InChI is InChI=1S/C22H19F3N4O3/c1-31-18-7-14(8-19(32-2)21(18)17(30)3-5-22(23,24)25)16-12-26-20-9-13(4-6-29(16)20)15-10-27-28-11-15/h4,6-12H,3,5H2,1-2H3,(H,27,28). The zero-order valence-electron chi connectivity index (χ0n) is 17.2. The Bertz CT molecular complexity index is 1240. The Morgan fingerprint density at radius 1 is 1.06 bits per heavy atom. The maximum Gasteiger partial charge on any atom is 0.389 e. The molecule has 1 N–H and O–H groups in total. The van der Waals surface area contributed by atoms with Gasteiger partial charge < -0.3 is 9.47 Å². The molecule has 3 heterocycles. The molecule has 166 valence electrons. The van der Waals surface area contributed by atoms with Crippen LogP contribution < -0.4 is 9.47 Å². The number of hydrogen-bond acceptors (Lipinski definition) is 5. The maximum absolute atomic E-state index is 12.6. The third-order valence-corrected chi connectivity index (χ3v) is 5.06. The third kappa shape index (κ3) is 4.16. The fraction of sp³-hybridized carbons (Fsp3) is 0.227. The van der Waals surface area contributed by atoms with Crippen LogP contribution >= 0.6 is 0 Å². The van der Waals surface area contributed by atoms with Gasteiger partial charge in [-0.3, -0.25) is 14.3 Å². The summed E-state index contributed by atoms with van der Waals surface area (Å²) in [7, 11) is 2.70. The van der Waals surface area contributed by atoms with E-state index in [0.717, 1.165) is 11.1 Å². The summed E-state index contributed by atoms with van der Waals surface area (Å²) in [4.78, 5) is 17.0. The molecule has 4 aromatic rings. The summed E-state index contributed by atoms with van der Waals surface area (Å²) in [5.41, 5.74) is 3.85. The van der Waals surface area contributed by atoms with Crippen molar-refractivity contribution in [2.75, 3.05) is 14.2 Å². The van der Waals surface area contributed by atoms with E-state index in [1.807, 2.05) is 22.7 Å². The molecule has 0 aliphatic heterocycles. The molecule has 0 bridgehead atoms. The van der Waals surface area contributed by atoms with Gasteiger partial charge in [0.15, 0.2) is 5.78 Å². The maximum atomic E-state index is 12.6. The van der Waals surface area contributed by atoms with Gasteiger partial charge in [0.2, 0.25) is 0 Å². The molecule has 3 aromatic heterocycles. The second kappa shape index (κ2) is 8.37. The van der Waals surface area contributed by atoms with Gasteiger partial charge in [0, 0.05) is 29.9 Å². The lowest BCUT2D eigenvalue weighted by molar-refractivity contribution is -0.133. The summed E-state index contributed by atoms with van der Waals surface area (Å²) in [6, 6.07) is 7.00. The second-order valence-corrected chi connectivity index (χ2v) is 7.07. The van der Waals surface area contributed by atoms with Crippen molar-refractivity contribution in [3.05, 3.63) is 54.6 Å². The summed E-state index contributed by atoms with van der Waals surface area (Å²) in [6.45, 7) is 0. The van der Waals surface area contributed by atoms with Gasteiger partial charge in [-0.05, 0) is 29.8 Å². The molecule has 0 aliphatic carbocycles. The molecule has 0 fully saturated rings. The van der Waals surface area contributed by atoms with E-state index in [2.05, 4.69) is 15.2 Å². The lowest BCUT2D eigenvalue weighted by atomic mass is 10.0. The Labute approximate surface area is 180 Å². The monoisotopic (exact) mass is 444 g/mol. The highest BCUT2D eigenvalue weighted by atomic mass is 19.4. The fourth-order valence-corrected chi connectivity index (χ4v) is 3.50. The number of methoxy groups -OCH3 is 2. The van der Waals surface area contributed by atoms with Crippen LogP contribution in [0.5, 0.6) is 11.5 Å². The molecule has 10 heteroatoms. The van der Waals surface area contributed by atoms with Crippen LogP contribution in [0.25, 0.3) is 28.0 Å². The largest absolute Gasteiger partial charge is 0.496 e. The first-order valence-corrected chi connectivity index (χ1v) is 9.63. The molecule has 32 heavy (non-hydrogen) atoms. The fourth-order valence-electron chi connectivity index (χ4n) is 3.50. The molecule has 4 rings (SSSR count). The first-order valence-electron chi connectivity index (χ1n) is 9.63. The topological polar surface area (TPSA) is 81.5 Å². The first kappa shape index (κ1) is 21.4. The number of carbonyl (C=O) groups excluding carboxylic acids is 1. The molecular formula is C22H19F3N4O3. The van der Waals surface area contributed by atoms with Crippen LogP contribution in [-0.4, -0.2) is 45.8 Å². The van der Waals surface area contributed by atoms with Crippen molar-refractivity contribution >= 4 is 11.4 Å². The zero-order valence-corrected chi connectivity index (χ0v) is 17.2. The van der Waals surface area contributed by atoms with Crippen molar-refractivity contribution in [2.45, 2.75) is 19.0 Å². The van der Waals surface area contributed by atoms with Gasteiger partial charge in [-0.15, -0.1) is 0 Å². The Morgan fingerprint density at radius 2 is 1.78 bits per heavy atom. The van der Waals surface area contributed by atoms with Crippen LogP contribution in [0.2, 0.25) is 0 Å². The predicted octanol–water partition coefficient (Wildman–Crippen LogP) is 4.93. The molecule has 0 unspecified atom stereocenters. The lowest BCUT2D eigenvalue weighted by Crippen LogP contribution is -2.12. The second-order valence-electron chi connectivity index (χ2n) is 7.07. The van der Waals surface area contributed by atoms with Gasteiger partial charge in [-0.1, -0.05) is 0 Å². The number of nitrogens with zero attached hydrogens (tertiary/aromatic N) is 3. The van der Waals surface area contributed by atoms with Crippen LogP contribution in [0.1, 0.15) is 23.2 Å². The average Bonchev–Trinajstić information content (AvgIpc) is 3.45. The molecule has 0 aliphatic rings. The number of ketones is 1. The number of pyridine rings is 1. The molecule has 1 aromatic carbocycles. The summed E-state index contributed by atoms with van der Waals surface area (Å²) >= 11 is 0. The molecule has 0 atom stereocenters. The summed E-state index contributed by atoms with van der Waals surface area (Å²) in [5, 5.41) is 6.72. The molecule has 0 saturated carbocycles. The predicted molar refractivity (Wildman–Crippen MR) is 111 cm³/mol. The number of H-pyrrole nitrogens is 1. The van der Waals surface area contributed by atoms with Crippen molar-refractivity contribution < 1.29 is 27.4 Å². The van der Waals surface area contributed by atoms with Gasteiger partial charge in [0.1, 0.15) is 22.7 Å². The molecule has 0 spiro atoms. The Morgan fingerprint density at radius 3 is 2.38 bits per heavy atom. The number of hydrogen-bond donors (Lipinski definition) is 1. The number of alkyl halides is 3. The van der Waals surface area contributed by atoms with Crippen molar-refractivity contribution in [3.8, 4) is 33.9 Å². The van der Waals surface area contributed by atoms with Gasteiger partial charge >= 0.3 is 6.18 Å². The molecule has 0 amide bonds. The number of imidazole rings is 1. The quantitative estimate of drug-likeness (QED) is 0.409. The van der Waals surface area contributed by atoms with E-state index in [1.165, 1.54) is 14.2 Å². The van der Waals surface area contributed by atoms with Crippen molar-refractivity contribution in [2.24, 2.45) is 0 Å². The molecule has 0 radical (unpaired) electrons. The van der Waals surface area contributed by atoms with Crippen molar-refractivity contribution in [1.82, 2.24) is 19.6 Å². The normalized spacial score (nSPS) is 11.7. The first-order chi connectivity index (χ1) is 15.3. The summed E-state index contributed by atoms with van der Waals surface area (Å²) < 4.78 is 50.3. The van der Waals surface area contributed by atoms with Gasteiger partial charge in [-0.2, -0.15) is 18.3 Å². The highest BCUT2D eigenvalue weighted by Crippen LogP contribution is 2.37. The number of halogens is 3. The zero-order chi connectivity index (χ0) is 22.9. The van der Waals surface area contributed by atoms with E-state index in [0.29, 0.717) is 16.9 Å². The number of fused-ring (bicyclic) bond motifs is 1. The lowest BCUT2D eigenvalue weighted by Gasteiger charge is -2.15. The van der Waals surface area contributed by atoms with E-state index in [-0.39, 0.29) is 17.1 Å². The number of rotatable bonds is 7. The Hall–Kier alpha value is -3.82. The van der Waals surface area contributed by atoms with Crippen LogP contribution in [0, 0.1) is 0 Å². The number of benzene rings is 1. The number of nitrogens with one attached hydrogen (secondary N) is 1. The van der Waals surface area contributed by atoms with E-state index in [4.69, 9.17) is 9.47 Å². The van der Waals surface area contributed by atoms with Gasteiger partial charge in [0.25, 0.3) is 0 Å². The van der Waals surface area contributed by atoms with Crippen LogP contribution in [0.15, 0.2) is 49.1 Å². The average molecular weight is 444 g/mol. The van der Waals surface area contributed by atoms with Gasteiger partial charge in [-0.25, -0.2) is 4.98 Å². The summed E-state index contributed by atoms with van der Waals surface area (Å²) in [5.74, 6) is -0.432. The van der Waals surface area contributed by atoms with Crippen LogP contribution in [-0.2, 0) is 0 Å². The van der Waals surface area contributed by atoms with E-state index < -0.39 is 24.8 Å². The number of Topliss-reactive ketones (excluding diaryl/α,β-unsaturated/α-hetero) is 1. The third-order valence-electron chi connectivity index (χ3n) is 5.06. The Kier molecular flexibility index (Phi) is 5.60. The van der Waals surface area contributed by atoms with Crippen LogP contribution in [0.3, 0.4) is 0 Å². The van der Waals surface area contributed by atoms with Gasteiger partial charge in [0.05, 0.1) is 38.7 Å². The minimum absolute atomic E-state index is 0.0148. The number of aromatic nitrogens is 4. The minimum atomic E-state index is -4.43.